The molecule has 11 heteroatoms. The van der Waals surface area contributed by atoms with Gasteiger partial charge < -0.3 is 6.16 Å². The van der Waals surface area contributed by atoms with Gasteiger partial charge in [0.15, 0.2) is 0 Å². The van der Waals surface area contributed by atoms with Gasteiger partial charge in [-0.1, -0.05) is 30.3 Å². The van der Waals surface area contributed by atoms with Gasteiger partial charge in [0, 0.05) is 6.54 Å². The summed E-state index contributed by atoms with van der Waals surface area (Å²) in [6.07, 6.45) is -0.754. The Kier molecular flexibility index (Phi) is 5.83. The van der Waals surface area contributed by atoms with E-state index in [1.807, 2.05) is 6.07 Å². The Hall–Kier alpha value is -0.840. The Morgan fingerprint density at radius 3 is 2.58 bits per heavy atom. The SMILES string of the molecule is O=C(OCc1ccccc1)N1C[C@@H](Cl)[C@@H]2[C@H]1C(=O)N2S(=O)(=O)O.[H-].[Na+]. The molecule has 0 saturated carbocycles. The van der Waals surface area contributed by atoms with Crippen molar-refractivity contribution in [3.05, 3.63) is 35.9 Å². The van der Waals surface area contributed by atoms with Crippen molar-refractivity contribution in [3.63, 3.8) is 0 Å². The van der Waals surface area contributed by atoms with Crippen LogP contribution in [-0.2, 0) is 26.4 Å². The zero-order valence-electron chi connectivity index (χ0n) is 13.7. The van der Waals surface area contributed by atoms with E-state index in [4.69, 9.17) is 20.9 Å². The third-order valence-electron chi connectivity index (χ3n) is 3.83. The van der Waals surface area contributed by atoms with Crippen molar-refractivity contribution in [2.45, 2.75) is 24.1 Å². The number of likely N-dealkylation sites (tertiary alicyclic amines) is 1. The molecule has 0 radical (unpaired) electrons. The van der Waals surface area contributed by atoms with Crippen LogP contribution in [0.1, 0.15) is 6.99 Å². The van der Waals surface area contributed by atoms with Crippen molar-refractivity contribution >= 4 is 33.9 Å². The maximum absolute atomic E-state index is 12.1. The Morgan fingerprint density at radius 1 is 1.38 bits per heavy atom. The summed E-state index contributed by atoms with van der Waals surface area (Å²) >= 11 is 6.01. The number of benzene rings is 1. The van der Waals surface area contributed by atoms with Gasteiger partial charge in [-0.25, -0.2) is 9.10 Å². The fraction of sp³-hybridized carbons (Fsp3) is 0.385. The second-order valence-electron chi connectivity index (χ2n) is 5.26. The molecule has 1 aromatic rings. The van der Waals surface area contributed by atoms with E-state index in [2.05, 4.69) is 0 Å². The molecule has 0 unspecified atom stereocenters. The number of ether oxygens (including phenoxy) is 1. The van der Waals surface area contributed by atoms with Crippen LogP contribution in [0.4, 0.5) is 4.79 Å². The van der Waals surface area contributed by atoms with Gasteiger partial charge in [-0.05, 0) is 5.56 Å². The molecule has 24 heavy (non-hydrogen) atoms. The van der Waals surface area contributed by atoms with Crippen molar-refractivity contribution in [1.82, 2.24) is 9.21 Å². The van der Waals surface area contributed by atoms with Crippen LogP contribution in [0, 0.1) is 0 Å². The number of halogens is 1. The van der Waals surface area contributed by atoms with Crippen LogP contribution in [0.2, 0.25) is 0 Å². The van der Waals surface area contributed by atoms with Crippen LogP contribution in [0.3, 0.4) is 0 Å². The maximum Gasteiger partial charge on any atom is 1.00 e. The number of carbonyl (C=O) groups is 2. The van der Waals surface area contributed by atoms with E-state index >= 15 is 0 Å². The summed E-state index contributed by atoms with van der Waals surface area (Å²) in [5.74, 6) is -0.891. The molecule has 1 aromatic carbocycles. The first-order valence-corrected chi connectivity index (χ1v) is 8.56. The molecule has 8 nitrogen and oxygen atoms in total. The van der Waals surface area contributed by atoms with Crippen LogP contribution in [0.25, 0.3) is 0 Å². The van der Waals surface area contributed by atoms with Gasteiger partial charge in [0.05, 0.1) is 11.4 Å². The van der Waals surface area contributed by atoms with Gasteiger partial charge in [-0.3, -0.25) is 14.2 Å². The largest absolute Gasteiger partial charge is 1.00 e. The van der Waals surface area contributed by atoms with E-state index in [0.29, 0.717) is 4.31 Å². The summed E-state index contributed by atoms with van der Waals surface area (Å²) in [5, 5.41) is -0.802. The molecule has 1 N–H and O–H groups in total. The summed E-state index contributed by atoms with van der Waals surface area (Å²) < 4.78 is 36.8. The molecule has 0 spiro atoms. The monoisotopic (exact) mass is 384 g/mol. The normalized spacial score (nSPS) is 25.6. The summed E-state index contributed by atoms with van der Waals surface area (Å²) in [6, 6.07) is 6.97. The number of hydrogen-bond acceptors (Lipinski definition) is 5. The summed E-state index contributed by atoms with van der Waals surface area (Å²) in [5.41, 5.74) is 0.776. The quantitative estimate of drug-likeness (QED) is 0.273. The predicted molar refractivity (Wildman–Crippen MR) is 80.1 cm³/mol. The average molecular weight is 385 g/mol. The predicted octanol–water partition coefficient (Wildman–Crippen LogP) is -2.26. The van der Waals surface area contributed by atoms with Crippen LogP contribution in [0.15, 0.2) is 30.3 Å². The molecule has 0 aromatic heterocycles. The number of carbonyl (C=O) groups excluding carboxylic acids is 2. The van der Waals surface area contributed by atoms with Crippen LogP contribution >= 0.6 is 11.6 Å². The van der Waals surface area contributed by atoms with E-state index in [1.165, 1.54) is 0 Å². The van der Waals surface area contributed by atoms with Crippen molar-refractivity contribution in [1.29, 1.82) is 0 Å². The van der Waals surface area contributed by atoms with E-state index in [9.17, 15) is 18.0 Å². The van der Waals surface area contributed by atoms with Gasteiger partial charge in [0.1, 0.15) is 12.6 Å². The molecule has 3 atom stereocenters. The number of nitrogens with zero attached hydrogens (tertiary/aromatic N) is 2. The molecule has 2 amide bonds. The Morgan fingerprint density at radius 2 is 2.00 bits per heavy atom. The van der Waals surface area contributed by atoms with Crippen molar-refractivity contribution in [2.75, 3.05) is 6.54 Å². The first-order chi connectivity index (χ1) is 10.8. The van der Waals surface area contributed by atoms with Crippen LogP contribution < -0.4 is 29.6 Å². The molecule has 126 valence electrons. The second kappa shape index (κ2) is 7.19. The number of rotatable bonds is 3. The first-order valence-electron chi connectivity index (χ1n) is 6.73. The molecule has 2 saturated heterocycles. The Labute approximate surface area is 167 Å². The second-order valence-corrected chi connectivity index (χ2v) is 7.11. The minimum atomic E-state index is -4.69. The topological polar surface area (TPSA) is 104 Å². The smallest absolute Gasteiger partial charge is 1.00 e. The minimum absolute atomic E-state index is 0. The van der Waals surface area contributed by atoms with Crippen LogP contribution in [-0.4, -0.2) is 58.2 Å². The van der Waals surface area contributed by atoms with Gasteiger partial charge >= 0.3 is 46.0 Å². The van der Waals surface area contributed by atoms with Gasteiger partial charge in [0.25, 0.3) is 5.91 Å². The zero-order chi connectivity index (χ0) is 16.8. The van der Waals surface area contributed by atoms with Crippen LogP contribution in [0.5, 0.6) is 0 Å². The maximum atomic E-state index is 12.1. The van der Waals surface area contributed by atoms with Gasteiger partial charge in [-0.15, -0.1) is 11.6 Å². The van der Waals surface area contributed by atoms with Gasteiger partial charge in [0.2, 0.25) is 0 Å². The zero-order valence-corrected chi connectivity index (χ0v) is 16.3. The fourth-order valence-corrected chi connectivity index (χ4v) is 4.17. The minimum Gasteiger partial charge on any atom is -1.00 e. The van der Waals surface area contributed by atoms with E-state index < -0.39 is 39.8 Å². The molecule has 2 aliphatic rings. The summed E-state index contributed by atoms with van der Waals surface area (Å²) in [6.45, 7) is -0.0149. The third-order valence-corrected chi connectivity index (χ3v) is 5.15. The first kappa shape index (κ1) is 19.5. The van der Waals surface area contributed by atoms with E-state index in [1.54, 1.807) is 24.3 Å². The number of hydrogen-bond donors (Lipinski definition) is 1. The summed E-state index contributed by atoms with van der Waals surface area (Å²) in [4.78, 5) is 25.1. The van der Waals surface area contributed by atoms with Crippen molar-refractivity contribution in [3.8, 4) is 0 Å². The molecule has 2 heterocycles. The van der Waals surface area contributed by atoms with Crippen molar-refractivity contribution < 1.29 is 58.3 Å². The summed E-state index contributed by atoms with van der Waals surface area (Å²) in [7, 11) is -4.69. The van der Waals surface area contributed by atoms with Gasteiger partial charge in [-0.2, -0.15) is 8.42 Å². The van der Waals surface area contributed by atoms with E-state index in [0.717, 1.165) is 10.5 Å². The molecule has 3 rings (SSSR count). The Bertz CT molecular complexity index is 752. The average Bonchev–Trinajstić information content (AvgIpc) is 2.77. The molecular weight excluding hydrogens is 371 g/mol. The van der Waals surface area contributed by atoms with Crippen molar-refractivity contribution in [2.24, 2.45) is 0 Å². The molecule has 2 fully saturated rings. The number of fused-ring (bicyclic) bond motifs is 1. The fourth-order valence-electron chi connectivity index (χ4n) is 2.80. The molecular formula is C13H14ClN2NaO6S. The standard InChI is InChI=1S/C13H13ClN2O6S.Na.H/c14-9-6-15(11-10(9)16(12(11)17)23(19,20)21)13(18)22-7-8-4-2-1-3-5-8;;/h1-5,9-11H,6-7H2,(H,19,20,21);;/q;+1;-1/t9-,10-,11+;;/m1../s1. The molecule has 0 aliphatic carbocycles. The molecule has 0 bridgehead atoms. The molecule has 2 aliphatic heterocycles. The third kappa shape index (κ3) is 3.42. The van der Waals surface area contributed by atoms with E-state index in [-0.39, 0.29) is 44.1 Å². The number of β-lactam (4-membered cyclic amide) rings is 1. The Balaban J connectivity index is 0.00000156. The number of alkyl halides is 1. The number of amides is 2.